The van der Waals surface area contributed by atoms with Crippen LogP contribution in [0.15, 0.2) is 60.9 Å². The van der Waals surface area contributed by atoms with Crippen molar-refractivity contribution in [1.82, 2.24) is 19.9 Å². The van der Waals surface area contributed by atoms with E-state index in [1.54, 1.807) is 17.3 Å². The summed E-state index contributed by atoms with van der Waals surface area (Å²) in [4.78, 5) is 41.6. The lowest BCUT2D eigenvalue weighted by molar-refractivity contribution is -0.122. The molecule has 1 aliphatic carbocycles. The molecule has 0 radical (unpaired) electrons. The average molecular weight is 636 g/mol. The van der Waals surface area contributed by atoms with Crippen LogP contribution in [0, 0.1) is 18.8 Å². The van der Waals surface area contributed by atoms with E-state index in [1.807, 2.05) is 64.1 Å². The second-order valence-electron chi connectivity index (χ2n) is 14.1. The summed E-state index contributed by atoms with van der Waals surface area (Å²) in [5.41, 5.74) is 2.85. The number of fused-ring (bicyclic) bond motifs is 1. The fourth-order valence-electron chi connectivity index (χ4n) is 6.74. The number of Topliss-reactive ketones (excluding diaryl/α,β-unsaturated/α-hetero) is 1. The predicted octanol–water partition coefficient (Wildman–Crippen LogP) is 8.15. The lowest BCUT2D eigenvalue weighted by atomic mass is 9.92. The molecule has 1 saturated heterocycles. The summed E-state index contributed by atoms with van der Waals surface area (Å²) in [7, 11) is 0. The van der Waals surface area contributed by atoms with Crippen molar-refractivity contribution in [2.75, 3.05) is 18.4 Å². The first-order chi connectivity index (χ1) is 22.5. The van der Waals surface area contributed by atoms with Crippen LogP contribution >= 0.6 is 0 Å². The van der Waals surface area contributed by atoms with Crippen LogP contribution in [0.5, 0.6) is 11.6 Å². The van der Waals surface area contributed by atoms with Crippen molar-refractivity contribution in [2.24, 2.45) is 11.8 Å². The molecule has 0 bridgehead atoms. The van der Waals surface area contributed by atoms with Crippen molar-refractivity contribution in [1.29, 1.82) is 0 Å². The molecule has 246 valence electrons. The molecule has 9 nitrogen and oxygen atoms in total. The van der Waals surface area contributed by atoms with E-state index in [-0.39, 0.29) is 18.1 Å². The standard InChI is InChI=1S/C38H45N5O4/c1-24-13-15-27(21-24)33(44)22-26-9-6-11-30-29(26)16-14-25(2)34(30)46-35-31(12-7-18-39-35)32-17-19-40-36(42-32)41-28-10-8-20-43(23-28)37(45)47-38(3,4)5/h6-7,9,11-12,14,16-19,24,27-28H,8,10,13,15,20-23H2,1-5H3,(H,40,41,42)/t24?,27-,28-/m0/s1. The van der Waals surface area contributed by atoms with Gasteiger partial charge in [0.2, 0.25) is 11.8 Å². The third-order valence-corrected chi connectivity index (χ3v) is 9.12. The van der Waals surface area contributed by atoms with Gasteiger partial charge in [0.1, 0.15) is 17.1 Å². The minimum Gasteiger partial charge on any atom is -0.444 e. The number of nitrogens with one attached hydrogen (secondary N) is 1. The van der Waals surface area contributed by atoms with E-state index < -0.39 is 5.60 Å². The van der Waals surface area contributed by atoms with Crippen molar-refractivity contribution < 1.29 is 19.1 Å². The molecule has 4 aromatic rings. The molecule has 1 amide bonds. The molecule has 1 aliphatic heterocycles. The molecule has 47 heavy (non-hydrogen) atoms. The van der Waals surface area contributed by atoms with Gasteiger partial charge in [0.15, 0.2) is 0 Å². The van der Waals surface area contributed by atoms with Crippen LogP contribution in [0.4, 0.5) is 10.7 Å². The van der Waals surface area contributed by atoms with Gasteiger partial charge in [-0.1, -0.05) is 37.3 Å². The molecule has 2 fully saturated rings. The highest BCUT2D eigenvalue weighted by Crippen LogP contribution is 2.38. The molecule has 2 aliphatic rings. The van der Waals surface area contributed by atoms with Gasteiger partial charge in [-0.3, -0.25) is 4.79 Å². The Bertz CT molecular complexity index is 1770. The number of hydrogen-bond donors (Lipinski definition) is 1. The van der Waals surface area contributed by atoms with E-state index in [9.17, 15) is 9.59 Å². The number of amides is 1. The van der Waals surface area contributed by atoms with Crippen molar-refractivity contribution in [2.45, 2.75) is 84.8 Å². The molecule has 3 atom stereocenters. The predicted molar refractivity (Wildman–Crippen MR) is 184 cm³/mol. The van der Waals surface area contributed by atoms with Gasteiger partial charge < -0.3 is 19.7 Å². The van der Waals surface area contributed by atoms with E-state index in [0.29, 0.717) is 54.5 Å². The maximum Gasteiger partial charge on any atom is 0.410 e. The second kappa shape index (κ2) is 13.7. The first kappa shape index (κ1) is 32.4. The summed E-state index contributed by atoms with van der Waals surface area (Å²) in [5, 5.41) is 5.39. The van der Waals surface area contributed by atoms with E-state index in [1.165, 1.54) is 0 Å². The number of ether oxygens (including phenoxy) is 2. The van der Waals surface area contributed by atoms with Gasteiger partial charge >= 0.3 is 6.09 Å². The summed E-state index contributed by atoms with van der Waals surface area (Å²) in [6, 6.07) is 15.9. The number of benzene rings is 2. The third-order valence-electron chi connectivity index (χ3n) is 9.12. The molecule has 9 heteroatoms. The first-order valence-electron chi connectivity index (χ1n) is 16.8. The van der Waals surface area contributed by atoms with E-state index in [0.717, 1.165) is 59.6 Å². The van der Waals surface area contributed by atoms with Crippen LogP contribution in [0.25, 0.3) is 22.0 Å². The molecule has 2 aromatic carbocycles. The number of aromatic nitrogens is 3. The van der Waals surface area contributed by atoms with Gasteiger partial charge in [0.05, 0.1) is 11.3 Å². The third kappa shape index (κ3) is 7.72. The van der Waals surface area contributed by atoms with E-state index in [4.69, 9.17) is 14.5 Å². The highest BCUT2D eigenvalue weighted by Gasteiger charge is 2.29. The van der Waals surface area contributed by atoms with Crippen LogP contribution < -0.4 is 10.1 Å². The van der Waals surface area contributed by atoms with Crippen LogP contribution in [0.3, 0.4) is 0 Å². The molecule has 3 heterocycles. The lowest BCUT2D eigenvalue weighted by Crippen LogP contribution is -2.47. The molecular weight excluding hydrogens is 590 g/mol. The maximum absolute atomic E-state index is 13.2. The largest absolute Gasteiger partial charge is 0.444 e. The summed E-state index contributed by atoms with van der Waals surface area (Å²) in [6.45, 7) is 11.1. The minimum atomic E-state index is -0.543. The van der Waals surface area contributed by atoms with Gasteiger partial charge in [-0.05, 0) is 100 Å². The number of nitrogens with zero attached hydrogens (tertiary/aromatic N) is 4. The lowest BCUT2D eigenvalue weighted by Gasteiger charge is -2.34. The van der Waals surface area contributed by atoms with Crippen LogP contribution in [-0.4, -0.2) is 56.5 Å². The van der Waals surface area contributed by atoms with Gasteiger partial charge in [-0.15, -0.1) is 0 Å². The van der Waals surface area contributed by atoms with Gasteiger partial charge in [0, 0.05) is 49.2 Å². The highest BCUT2D eigenvalue weighted by atomic mass is 16.6. The molecular formula is C38H45N5O4. The minimum absolute atomic E-state index is 0.00684. The number of pyridine rings is 1. The van der Waals surface area contributed by atoms with Crippen molar-refractivity contribution >= 4 is 28.6 Å². The average Bonchev–Trinajstić information content (AvgIpc) is 3.48. The number of ketones is 1. The quantitative estimate of drug-likeness (QED) is 0.207. The Kier molecular flexibility index (Phi) is 9.43. The summed E-state index contributed by atoms with van der Waals surface area (Å²) >= 11 is 0. The van der Waals surface area contributed by atoms with E-state index >= 15 is 0 Å². The first-order valence-corrected chi connectivity index (χ1v) is 16.8. The maximum atomic E-state index is 13.2. The number of aryl methyl sites for hydroxylation is 1. The number of carbonyl (C=O) groups excluding carboxylic acids is 2. The topological polar surface area (TPSA) is 107 Å². The van der Waals surface area contributed by atoms with Crippen LogP contribution in [0.1, 0.15) is 70.9 Å². The van der Waals surface area contributed by atoms with Gasteiger partial charge in [-0.2, -0.15) is 0 Å². The van der Waals surface area contributed by atoms with Gasteiger partial charge in [-0.25, -0.2) is 19.7 Å². The Morgan fingerprint density at radius 2 is 1.83 bits per heavy atom. The highest BCUT2D eigenvalue weighted by molar-refractivity contribution is 5.95. The Hall–Kier alpha value is -4.53. The number of rotatable bonds is 8. The summed E-state index contributed by atoms with van der Waals surface area (Å²) < 4.78 is 12.2. The Morgan fingerprint density at radius 3 is 2.62 bits per heavy atom. The number of likely N-dealkylation sites (tertiary alicyclic amines) is 1. The SMILES string of the molecule is Cc1ccc2c(CC(=O)[C@H]3CCC(C)C3)cccc2c1Oc1ncccc1-c1ccnc(N[C@H]2CCCN(C(=O)OC(C)(C)C)C2)n1. The second-order valence-corrected chi connectivity index (χ2v) is 14.1. The molecule has 2 aromatic heterocycles. The Morgan fingerprint density at radius 1 is 0.979 bits per heavy atom. The Labute approximate surface area is 277 Å². The van der Waals surface area contributed by atoms with E-state index in [2.05, 4.69) is 34.3 Å². The monoisotopic (exact) mass is 635 g/mol. The zero-order valence-electron chi connectivity index (χ0n) is 28.1. The molecule has 6 rings (SSSR count). The van der Waals surface area contributed by atoms with Crippen LogP contribution in [0.2, 0.25) is 0 Å². The molecule has 1 N–H and O–H groups in total. The van der Waals surface area contributed by atoms with Crippen molar-refractivity contribution in [3.63, 3.8) is 0 Å². The summed E-state index contributed by atoms with van der Waals surface area (Å²) in [5.74, 6) is 2.73. The molecule has 1 saturated carbocycles. The normalized spacial score (nSPS) is 19.9. The fourth-order valence-corrected chi connectivity index (χ4v) is 6.74. The molecule has 0 spiro atoms. The Balaban J connectivity index is 1.22. The number of hydrogen-bond acceptors (Lipinski definition) is 8. The van der Waals surface area contributed by atoms with Gasteiger partial charge in [0.25, 0.3) is 0 Å². The van der Waals surface area contributed by atoms with Crippen molar-refractivity contribution in [3.8, 4) is 22.9 Å². The fraction of sp³-hybridized carbons (Fsp3) is 0.447. The number of carbonyl (C=O) groups is 2. The summed E-state index contributed by atoms with van der Waals surface area (Å²) in [6.07, 6.45) is 8.41. The van der Waals surface area contributed by atoms with Crippen molar-refractivity contribution in [3.05, 3.63) is 72.1 Å². The zero-order valence-corrected chi connectivity index (χ0v) is 28.1. The number of piperidine rings is 1. The zero-order chi connectivity index (χ0) is 33.1. The smallest absolute Gasteiger partial charge is 0.410 e. The number of anilines is 1. The molecule has 1 unspecified atom stereocenters. The van der Waals surface area contributed by atoms with Crippen LogP contribution in [-0.2, 0) is 16.0 Å².